The molecule has 0 aliphatic heterocycles. The topological polar surface area (TPSA) is 47.6 Å². The standard InChI is InChI=1S/C17H18ClNO3/c1-11-8-15(21-2)16(22-3)9-12(11)10-17(20)19-14-6-4-13(18)5-7-14/h4-9H,10H2,1-3H3,(H,19,20). The molecular weight excluding hydrogens is 302 g/mol. The van der Waals surface area contributed by atoms with Crippen LogP contribution in [-0.2, 0) is 11.2 Å². The molecule has 0 aromatic heterocycles. The van der Waals surface area contributed by atoms with Crippen molar-refractivity contribution in [2.45, 2.75) is 13.3 Å². The molecule has 0 heterocycles. The van der Waals surface area contributed by atoms with E-state index in [4.69, 9.17) is 21.1 Å². The van der Waals surface area contributed by atoms with E-state index in [1.807, 2.05) is 19.1 Å². The summed E-state index contributed by atoms with van der Waals surface area (Å²) in [6.45, 7) is 1.94. The molecule has 0 aliphatic carbocycles. The van der Waals surface area contributed by atoms with E-state index in [0.29, 0.717) is 22.2 Å². The molecule has 0 bridgehead atoms. The number of benzene rings is 2. The first-order valence-corrected chi connectivity index (χ1v) is 7.18. The molecule has 1 N–H and O–H groups in total. The van der Waals surface area contributed by atoms with Crippen LogP contribution in [0, 0.1) is 6.92 Å². The summed E-state index contributed by atoms with van der Waals surface area (Å²) >= 11 is 5.82. The maximum Gasteiger partial charge on any atom is 0.228 e. The fourth-order valence-corrected chi connectivity index (χ4v) is 2.25. The van der Waals surface area contributed by atoms with Crippen molar-refractivity contribution in [1.82, 2.24) is 0 Å². The van der Waals surface area contributed by atoms with E-state index >= 15 is 0 Å². The first-order chi connectivity index (χ1) is 10.5. The van der Waals surface area contributed by atoms with Gasteiger partial charge in [-0.15, -0.1) is 0 Å². The van der Waals surface area contributed by atoms with E-state index in [2.05, 4.69) is 5.32 Å². The minimum Gasteiger partial charge on any atom is -0.493 e. The fraction of sp³-hybridized carbons (Fsp3) is 0.235. The number of rotatable bonds is 5. The second-order valence-electron chi connectivity index (χ2n) is 4.87. The Morgan fingerprint density at radius 2 is 1.68 bits per heavy atom. The van der Waals surface area contributed by atoms with Crippen LogP contribution >= 0.6 is 11.6 Å². The number of hydrogen-bond donors (Lipinski definition) is 1. The number of amides is 1. The Kier molecular flexibility index (Phi) is 5.28. The van der Waals surface area contributed by atoms with Crippen molar-refractivity contribution in [3.05, 3.63) is 52.5 Å². The summed E-state index contributed by atoms with van der Waals surface area (Å²) in [5, 5.41) is 3.47. The lowest BCUT2D eigenvalue weighted by atomic mass is 10.0. The molecule has 2 aromatic rings. The van der Waals surface area contributed by atoms with Gasteiger partial charge < -0.3 is 14.8 Å². The molecule has 2 aromatic carbocycles. The van der Waals surface area contributed by atoms with Crippen molar-refractivity contribution >= 4 is 23.2 Å². The SMILES string of the molecule is COc1cc(C)c(CC(=O)Nc2ccc(Cl)cc2)cc1OC. The van der Waals surface area contributed by atoms with E-state index in [-0.39, 0.29) is 12.3 Å². The smallest absolute Gasteiger partial charge is 0.228 e. The Hall–Kier alpha value is -2.20. The van der Waals surface area contributed by atoms with Crippen LogP contribution in [0.15, 0.2) is 36.4 Å². The molecular formula is C17H18ClNO3. The predicted molar refractivity (Wildman–Crippen MR) is 88.1 cm³/mol. The molecule has 2 rings (SSSR count). The largest absolute Gasteiger partial charge is 0.493 e. The number of anilines is 1. The van der Waals surface area contributed by atoms with Gasteiger partial charge in [0, 0.05) is 10.7 Å². The Balaban J connectivity index is 2.12. The third-order valence-corrected chi connectivity index (χ3v) is 3.57. The molecule has 0 saturated carbocycles. The lowest BCUT2D eigenvalue weighted by molar-refractivity contribution is -0.115. The Bertz CT molecular complexity index is 668. The highest BCUT2D eigenvalue weighted by Crippen LogP contribution is 2.30. The third kappa shape index (κ3) is 3.92. The van der Waals surface area contributed by atoms with Gasteiger partial charge in [-0.25, -0.2) is 0 Å². The zero-order valence-corrected chi connectivity index (χ0v) is 13.5. The van der Waals surface area contributed by atoms with E-state index in [1.165, 1.54) is 0 Å². The zero-order chi connectivity index (χ0) is 16.1. The predicted octanol–water partition coefficient (Wildman–Crippen LogP) is 3.85. The molecule has 0 radical (unpaired) electrons. The number of halogens is 1. The molecule has 116 valence electrons. The number of ether oxygens (including phenoxy) is 2. The first kappa shape index (κ1) is 16.2. The number of carbonyl (C=O) groups is 1. The van der Waals surface area contributed by atoms with Crippen LogP contribution < -0.4 is 14.8 Å². The van der Waals surface area contributed by atoms with Crippen molar-refractivity contribution in [3.8, 4) is 11.5 Å². The van der Waals surface area contributed by atoms with Crippen LogP contribution in [0.4, 0.5) is 5.69 Å². The molecule has 0 fully saturated rings. The van der Waals surface area contributed by atoms with Gasteiger partial charge in [0.25, 0.3) is 0 Å². The maximum atomic E-state index is 12.2. The summed E-state index contributed by atoms with van der Waals surface area (Å²) < 4.78 is 10.5. The minimum absolute atomic E-state index is 0.0994. The average molecular weight is 320 g/mol. The van der Waals surface area contributed by atoms with Crippen molar-refractivity contribution in [1.29, 1.82) is 0 Å². The summed E-state index contributed by atoms with van der Waals surface area (Å²) in [5.41, 5.74) is 2.58. The van der Waals surface area contributed by atoms with Gasteiger partial charge in [-0.1, -0.05) is 11.6 Å². The molecule has 0 spiro atoms. The van der Waals surface area contributed by atoms with Crippen molar-refractivity contribution in [2.75, 3.05) is 19.5 Å². The van der Waals surface area contributed by atoms with Crippen LogP contribution in [0.5, 0.6) is 11.5 Å². The number of nitrogens with one attached hydrogen (secondary N) is 1. The molecule has 4 nitrogen and oxygen atoms in total. The second-order valence-corrected chi connectivity index (χ2v) is 5.30. The molecule has 5 heteroatoms. The summed E-state index contributed by atoms with van der Waals surface area (Å²) in [4.78, 5) is 12.2. The highest BCUT2D eigenvalue weighted by molar-refractivity contribution is 6.30. The van der Waals surface area contributed by atoms with Gasteiger partial charge in [0.15, 0.2) is 11.5 Å². The summed E-state index contributed by atoms with van der Waals surface area (Å²) in [6, 6.07) is 10.7. The Morgan fingerprint density at radius 1 is 1.09 bits per heavy atom. The third-order valence-electron chi connectivity index (χ3n) is 3.32. The highest BCUT2D eigenvalue weighted by Gasteiger charge is 2.12. The monoisotopic (exact) mass is 319 g/mol. The van der Waals surface area contributed by atoms with Gasteiger partial charge >= 0.3 is 0 Å². The normalized spacial score (nSPS) is 10.2. The lowest BCUT2D eigenvalue weighted by Crippen LogP contribution is -2.15. The fourth-order valence-electron chi connectivity index (χ4n) is 2.12. The Morgan fingerprint density at radius 3 is 2.27 bits per heavy atom. The molecule has 0 unspecified atom stereocenters. The summed E-state index contributed by atoms with van der Waals surface area (Å²) in [5.74, 6) is 1.17. The van der Waals surface area contributed by atoms with E-state index in [9.17, 15) is 4.79 Å². The maximum absolute atomic E-state index is 12.2. The van der Waals surface area contributed by atoms with Gasteiger partial charge in [0.1, 0.15) is 0 Å². The Labute approximate surface area is 135 Å². The molecule has 22 heavy (non-hydrogen) atoms. The van der Waals surface area contributed by atoms with Crippen LogP contribution in [0.1, 0.15) is 11.1 Å². The molecule has 0 aliphatic rings. The quantitative estimate of drug-likeness (QED) is 0.910. The van der Waals surface area contributed by atoms with Crippen LogP contribution in [0.2, 0.25) is 5.02 Å². The van der Waals surface area contributed by atoms with Gasteiger partial charge in [-0.3, -0.25) is 4.79 Å². The lowest BCUT2D eigenvalue weighted by Gasteiger charge is -2.13. The highest BCUT2D eigenvalue weighted by atomic mass is 35.5. The zero-order valence-electron chi connectivity index (χ0n) is 12.8. The minimum atomic E-state index is -0.0994. The van der Waals surface area contributed by atoms with Crippen LogP contribution in [-0.4, -0.2) is 20.1 Å². The first-order valence-electron chi connectivity index (χ1n) is 6.80. The van der Waals surface area contributed by atoms with Crippen LogP contribution in [0.3, 0.4) is 0 Å². The van der Waals surface area contributed by atoms with Gasteiger partial charge in [0.05, 0.1) is 20.6 Å². The molecule has 0 atom stereocenters. The number of hydrogen-bond acceptors (Lipinski definition) is 3. The van der Waals surface area contributed by atoms with E-state index in [0.717, 1.165) is 11.1 Å². The van der Waals surface area contributed by atoms with Crippen molar-refractivity contribution < 1.29 is 14.3 Å². The number of methoxy groups -OCH3 is 2. The molecule has 1 amide bonds. The van der Waals surface area contributed by atoms with Crippen LogP contribution in [0.25, 0.3) is 0 Å². The van der Waals surface area contributed by atoms with Crippen molar-refractivity contribution in [2.24, 2.45) is 0 Å². The van der Waals surface area contributed by atoms with Gasteiger partial charge in [-0.05, 0) is 54.4 Å². The summed E-state index contributed by atoms with van der Waals surface area (Å²) in [6.07, 6.45) is 0.259. The van der Waals surface area contributed by atoms with E-state index < -0.39 is 0 Å². The number of carbonyl (C=O) groups excluding carboxylic acids is 1. The van der Waals surface area contributed by atoms with Gasteiger partial charge in [0.2, 0.25) is 5.91 Å². The second kappa shape index (κ2) is 7.18. The average Bonchev–Trinajstić information content (AvgIpc) is 2.51. The number of aryl methyl sites for hydroxylation is 1. The van der Waals surface area contributed by atoms with E-state index in [1.54, 1.807) is 38.5 Å². The van der Waals surface area contributed by atoms with Gasteiger partial charge in [-0.2, -0.15) is 0 Å². The molecule has 0 saturated heterocycles. The van der Waals surface area contributed by atoms with Crippen molar-refractivity contribution in [3.63, 3.8) is 0 Å². The summed E-state index contributed by atoms with van der Waals surface area (Å²) in [7, 11) is 3.16.